The van der Waals surface area contributed by atoms with Crippen molar-refractivity contribution in [3.05, 3.63) is 34.9 Å². The molecule has 0 heterocycles. The Labute approximate surface area is 114 Å². The van der Waals surface area contributed by atoms with Crippen LogP contribution in [0.1, 0.15) is 5.56 Å². The molecule has 2 N–H and O–H groups in total. The van der Waals surface area contributed by atoms with Gasteiger partial charge in [-0.05, 0) is 24.1 Å². The number of alkyl halides is 3. The highest BCUT2D eigenvalue weighted by Gasteiger charge is 2.26. The number of halogens is 4. The van der Waals surface area contributed by atoms with Crippen LogP contribution < -0.4 is 10.6 Å². The van der Waals surface area contributed by atoms with Gasteiger partial charge in [0.2, 0.25) is 5.91 Å². The van der Waals surface area contributed by atoms with E-state index in [2.05, 4.69) is 5.32 Å². The molecule has 0 aliphatic carbocycles. The SMILES string of the molecule is O=C(CNCC(F)(F)F)NCCc1ccc(Cl)cc1. The molecular formula is C12H14ClF3N2O. The summed E-state index contributed by atoms with van der Waals surface area (Å²) in [7, 11) is 0. The fourth-order valence-electron chi connectivity index (χ4n) is 1.38. The van der Waals surface area contributed by atoms with Crippen LogP contribution in [0.5, 0.6) is 0 Å². The Morgan fingerprint density at radius 3 is 2.42 bits per heavy atom. The fourth-order valence-corrected chi connectivity index (χ4v) is 1.50. The number of nitrogens with one attached hydrogen (secondary N) is 2. The highest BCUT2D eigenvalue weighted by Crippen LogP contribution is 2.11. The quantitative estimate of drug-likeness (QED) is 0.844. The van der Waals surface area contributed by atoms with Crippen LogP contribution >= 0.6 is 11.6 Å². The van der Waals surface area contributed by atoms with E-state index in [4.69, 9.17) is 11.6 Å². The fraction of sp³-hybridized carbons (Fsp3) is 0.417. The molecule has 0 aliphatic rings. The number of amides is 1. The molecule has 1 rings (SSSR count). The van der Waals surface area contributed by atoms with Gasteiger partial charge in [-0.1, -0.05) is 23.7 Å². The molecule has 0 aromatic heterocycles. The van der Waals surface area contributed by atoms with Crippen LogP contribution in [0.25, 0.3) is 0 Å². The summed E-state index contributed by atoms with van der Waals surface area (Å²) >= 11 is 5.72. The minimum absolute atomic E-state index is 0.347. The van der Waals surface area contributed by atoms with Crippen molar-refractivity contribution in [2.24, 2.45) is 0 Å². The lowest BCUT2D eigenvalue weighted by Crippen LogP contribution is -2.38. The monoisotopic (exact) mass is 294 g/mol. The highest BCUT2D eigenvalue weighted by molar-refractivity contribution is 6.30. The zero-order chi connectivity index (χ0) is 14.3. The van der Waals surface area contributed by atoms with Gasteiger partial charge in [-0.3, -0.25) is 4.79 Å². The Morgan fingerprint density at radius 2 is 1.84 bits per heavy atom. The molecular weight excluding hydrogens is 281 g/mol. The lowest BCUT2D eigenvalue weighted by molar-refractivity contribution is -0.128. The van der Waals surface area contributed by atoms with Crippen LogP contribution in [0, 0.1) is 0 Å². The number of rotatable bonds is 6. The predicted molar refractivity (Wildman–Crippen MR) is 67.1 cm³/mol. The number of benzene rings is 1. The molecule has 1 aromatic carbocycles. The van der Waals surface area contributed by atoms with E-state index in [-0.39, 0.29) is 6.54 Å². The first-order chi connectivity index (χ1) is 8.87. The molecule has 0 bridgehead atoms. The van der Waals surface area contributed by atoms with Crippen LogP contribution in [-0.4, -0.2) is 31.7 Å². The van der Waals surface area contributed by atoms with E-state index in [1.54, 1.807) is 12.1 Å². The molecule has 0 atom stereocenters. The molecule has 0 fully saturated rings. The van der Waals surface area contributed by atoms with Crippen molar-refractivity contribution < 1.29 is 18.0 Å². The third-order valence-corrected chi connectivity index (χ3v) is 2.51. The Hall–Kier alpha value is -1.27. The van der Waals surface area contributed by atoms with Gasteiger partial charge in [0.1, 0.15) is 0 Å². The topological polar surface area (TPSA) is 41.1 Å². The molecule has 0 spiro atoms. The van der Waals surface area contributed by atoms with Gasteiger partial charge in [0.25, 0.3) is 0 Å². The zero-order valence-electron chi connectivity index (χ0n) is 10.1. The average Bonchev–Trinajstić information content (AvgIpc) is 2.30. The molecule has 0 aliphatic heterocycles. The first kappa shape index (κ1) is 15.8. The van der Waals surface area contributed by atoms with Gasteiger partial charge in [-0.25, -0.2) is 0 Å². The summed E-state index contributed by atoms with van der Waals surface area (Å²) < 4.78 is 35.4. The van der Waals surface area contributed by atoms with Crippen molar-refractivity contribution in [1.29, 1.82) is 0 Å². The molecule has 0 saturated carbocycles. The van der Waals surface area contributed by atoms with Crippen LogP contribution in [0.4, 0.5) is 13.2 Å². The third-order valence-electron chi connectivity index (χ3n) is 2.26. The summed E-state index contributed by atoms with van der Waals surface area (Å²) in [6.07, 6.45) is -3.70. The van der Waals surface area contributed by atoms with Gasteiger partial charge >= 0.3 is 6.18 Å². The summed E-state index contributed by atoms with van der Waals surface area (Å²) in [6, 6.07) is 7.14. The van der Waals surface area contributed by atoms with Crippen molar-refractivity contribution in [3.8, 4) is 0 Å². The molecule has 106 valence electrons. The summed E-state index contributed by atoms with van der Waals surface area (Å²) in [4.78, 5) is 11.2. The first-order valence-corrected chi connectivity index (χ1v) is 6.03. The number of hydrogen-bond donors (Lipinski definition) is 2. The van der Waals surface area contributed by atoms with E-state index in [0.29, 0.717) is 18.0 Å². The molecule has 19 heavy (non-hydrogen) atoms. The highest BCUT2D eigenvalue weighted by atomic mass is 35.5. The third kappa shape index (κ3) is 7.69. The summed E-state index contributed by atoms with van der Waals surface area (Å²) in [5, 5.41) is 5.19. The Kier molecular flexibility index (Phi) is 6.11. The van der Waals surface area contributed by atoms with E-state index < -0.39 is 18.6 Å². The van der Waals surface area contributed by atoms with E-state index in [1.165, 1.54) is 0 Å². The molecule has 1 amide bonds. The standard InChI is InChI=1S/C12H14ClF3N2O/c13-10-3-1-9(2-4-10)5-6-18-11(19)7-17-8-12(14,15)16/h1-4,17H,5-8H2,(H,18,19). The van der Waals surface area contributed by atoms with Crippen molar-refractivity contribution >= 4 is 17.5 Å². The van der Waals surface area contributed by atoms with E-state index in [1.807, 2.05) is 17.4 Å². The minimum Gasteiger partial charge on any atom is -0.355 e. The normalized spacial score (nSPS) is 11.4. The van der Waals surface area contributed by atoms with Gasteiger partial charge < -0.3 is 10.6 Å². The van der Waals surface area contributed by atoms with Gasteiger partial charge in [0.05, 0.1) is 13.1 Å². The molecule has 0 radical (unpaired) electrons. The van der Waals surface area contributed by atoms with Crippen molar-refractivity contribution in [2.75, 3.05) is 19.6 Å². The second-order valence-electron chi connectivity index (χ2n) is 3.95. The predicted octanol–water partition coefficient (Wildman–Crippen LogP) is 2.15. The van der Waals surface area contributed by atoms with Gasteiger partial charge in [-0.2, -0.15) is 13.2 Å². The first-order valence-electron chi connectivity index (χ1n) is 5.65. The lowest BCUT2D eigenvalue weighted by Gasteiger charge is -2.08. The van der Waals surface area contributed by atoms with E-state index in [9.17, 15) is 18.0 Å². The maximum absolute atomic E-state index is 11.8. The van der Waals surface area contributed by atoms with Crippen LogP contribution in [-0.2, 0) is 11.2 Å². The summed E-state index contributed by atoms with van der Waals surface area (Å²) in [5.74, 6) is -0.460. The molecule has 0 saturated heterocycles. The van der Waals surface area contributed by atoms with Gasteiger partial charge in [0, 0.05) is 11.6 Å². The maximum Gasteiger partial charge on any atom is 0.401 e. The number of carbonyl (C=O) groups is 1. The largest absolute Gasteiger partial charge is 0.401 e. The van der Waals surface area contributed by atoms with Crippen LogP contribution in [0.3, 0.4) is 0 Å². The van der Waals surface area contributed by atoms with Gasteiger partial charge in [0.15, 0.2) is 0 Å². The Bertz CT molecular complexity index is 406. The van der Waals surface area contributed by atoms with Crippen LogP contribution in [0.2, 0.25) is 5.02 Å². The van der Waals surface area contributed by atoms with Crippen molar-refractivity contribution in [2.45, 2.75) is 12.6 Å². The molecule has 3 nitrogen and oxygen atoms in total. The lowest BCUT2D eigenvalue weighted by atomic mass is 10.1. The van der Waals surface area contributed by atoms with E-state index >= 15 is 0 Å². The smallest absolute Gasteiger partial charge is 0.355 e. The summed E-state index contributed by atoms with van der Waals surface area (Å²) in [6.45, 7) is -1.15. The van der Waals surface area contributed by atoms with Gasteiger partial charge in [-0.15, -0.1) is 0 Å². The van der Waals surface area contributed by atoms with Crippen LogP contribution in [0.15, 0.2) is 24.3 Å². The molecule has 7 heteroatoms. The second kappa shape index (κ2) is 7.35. The molecule has 0 unspecified atom stereocenters. The minimum atomic E-state index is -4.30. The molecule has 1 aromatic rings. The second-order valence-corrected chi connectivity index (χ2v) is 4.38. The van der Waals surface area contributed by atoms with Crippen molar-refractivity contribution in [1.82, 2.24) is 10.6 Å². The number of carbonyl (C=O) groups excluding carboxylic acids is 1. The number of hydrogen-bond acceptors (Lipinski definition) is 2. The Morgan fingerprint density at radius 1 is 1.21 bits per heavy atom. The van der Waals surface area contributed by atoms with E-state index in [0.717, 1.165) is 5.56 Å². The average molecular weight is 295 g/mol. The maximum atomic E-state index is 11.8. The zero-order valence-corrected chi connectivity index (χ0v) is 10.8. The Balaban J connectivity index is 2.15. The van der Waals surface area contributed by atoms with Crippen molar-refractivity contribution in [3.63, 3.8) is 0 Å². The summed E-state index contributed by atoms with van der Waals surface area (Å²) in [5.41, 5.74) is 0.993.